The van der Waals surface area contributed by atoms with Gasteiger partial charge in [0.25, 0.3) is 0 Å². The van der Waals surface area contributed by atoms with Crippen LogP contribution in [0.2, 0.25) is 0 Å². The van der Waals surface area contributed by atoms with Gasteiger partial charge in [-0.05, 0) is 42.7 Å². The Morgan fingerprint density at radius 1 is 1.58 bits per heavy atom. The molecular formula is C13H18N2O3S. The lowest BCUT2D eigenvalue weighted by Gasteiger charge is -2.24. The quantitative estimate of drug-likeness (QED) is 0.792. The van der Waals surface area contributed by atoms with Crippen molar-refractivity contribution >= 4 is 23.3 Å². The summed E-state index contributed by atoms with van der Waals surface area (Å²) in [5, 5.41) is 16.3. The normalized spacial score (nSPS) is 19.3. The molecule has 0 aliphatic heterocycles. The van der Waals surface area contributed by atoms with Gasteiger partial charge in [-0.15, -0.1) is 11.3 Å². The average molecular weight is 282 g/mol. The number of rotatable bonds is 4. The first-order chi connectivity index (χ1) is 9.11. The van der Waals surface area contributed by atoms with Crippen LogP contribution in [0.5, 0.6) is 0 Å². The second-order valence-electron chi connectivity index (χ2n) is 4.66. The summed E-state index contributed by atoms with van der Waals surface area (Å²) in [4.78, 5) is 24.0. The van der Waals surface area contributed by atoms with Crippen LogP contribution in [0.3, 0.4) is 0 Å². The highest BCUT2D eigenvalue weighted by molar-refractivity contribution is 7.10. The lowest BCUT2D eigenvalue weighted by molar-refractivity contribution is -0.139. The standard InChI is InChI=1S/C13H18N2O3S/c1-2-9(12(16)17)14-13(18)15-10-4-3-5-11-8(10)6-7-19-11/h6-7,9-10H,2-5H2,1H3,(H,16,17)(H2,14,15,18)/t9-,10?/m1/s1. The van der Waals surface area contributed by atoms with Crippen molar-refractivity contribution in [2.24, 2.45) is 0 Å². The van der Waals surface area contributed by atoms with Crippen molar-refractivity contribution in [3.63, 3.8) is 0 Å². The van der Waals surface area contributed by atoms with E-state index in [0.717, 1.165) is 19.3 Å². The maximum Gasteiger partial charge on any atom is 0.326 e. The molecule has 104 valence electrons. The van der Waals surface area contributed by atoms with E-state index in [-0.39, 0.29) is 6.04 Å². The molecule has 2 amide bonds. The van der Waals surface area contributed by atoms with Crippen molar-refractivity contribution in [3.05, 3.63) is 21.9 Å². The number of thiophene rings is 1. The van der Waals surface area contributed by atoms with Crippen LogP contribution in [0.4, 0.5) is 4.79 Å². The predicted molar refractivity (Wildman–Crippen MR) is 73.4 cm³/mol. The van der Waals surface area contributed by atoms with Crippen LogP contribution in [-0.4, -0.2) is 23.1 Å². The molecule has 5 nitrogen and oxygen atoms in total. The van der Waals surface area contributed by atoms with Crippen LogP contribution in [0.15, 0.2) is 11.4 Å². The van der Waals surface area contributed by atoms with Gasteiger partial charge in [0.2, 0.25) is 0 Å². The maximum absolute atomic E-state index is 11.8. The molecule has 0 saturated carbocycles. The Hall–Kier alpha value is -1.56. The van der Waals surface area contributed by atoms with Crippen molar-refractivity contribution in [1.29, 1.82) is 0 Å². The highest BCUT2D eigenvalue weighted by atomic mass is 32.1. The lowest BCUT2D eigenvalue weighted by atomic mass is 9.94. The van der Waals surface area contributed by atoms with Crippen LogP contribution in [0, 0.1) is 0 Å². The summed E-state index contributed by atoms with van der Waals surface area (Å²) in [7, 11) is 0. The Morgan fingerprint density at radius 2 is 2.37 bits per heavy atom. The first kappa shape index (κ1) is 13.9. The second kappa shape index (κ2) is 6.06. The molecular weight excluding hydrogens is 264 g/mol. The van der Waals surface area contributed by atoms with E-state index >= 15 is 0 Å². The van der Waals surface area contributed by atoms with Gasteiger partial charge < -0.3 is 15.7 Å². The van der Waals surface area contributed by atoms with Crippen molar-refractivity contribution in [3.8, 4) is 0 Å². The van der Waals surface area contributed by atoms with Gasteiger partial charge in [-0.3, -0.25) is 0 Å². The molecule has 3 N–H and O–H groups in total. The minimum atomic E-state index is -1.00. The molecule has 1 aromatic rings. The molecule has 0 spiro atoms. The van der Waals surface area contributed by atoms with Crippen LogP contribution >= 0.6 is 11.3 Å². The summed E-state index contributed by atoms with van der Waals surface area (Å²) in [6.07, 6.45) is 3.40. The zero-order chi connectivity index (χ0) is 13.8. The van der Waals surface area contributed by atoms with Crippen LogP contribution < -0.4 is 10.6 Å². The summed E-state index contributed by atoms with van der Waals surface area (Å²) >= 11 is 1.71. The number of aryl methyl sites for hydroxylation is 1. The monoisotopic (exact) mass is 282 g/mol. The van der Waals surface area contributed by atoms with Crippen LogP contribution in [-0.2, 0) is 11.2 Å². The number of aliphatic carboxylic acids is 1. The summed E-state index contributed by atoms with van der Waals surface area (Å²) in [5.41, 5.74) is 1.18. The zero-order valence-corrected chi connectivity index (χ0v) is 11.6. The van der Waals surface area contributed by atoms with Gasteiger partial charge in [-0.25, -0.2) is 9.59 Å². The Morgan fingerprint density at radius 3 is 3.05 bits per heavy atom. The third kappa shape index (κ3) is 3.26. The minimum absolute atomic E-state index is 0.00120. The molecule has 0 bridgehead atoms. The molecule has 1 aliphatic rings. The summed E-state index contributed by atoms with van der Waals surface area (Å²) < 4.78 is 0. The molecule has 0 aromatic carbocycles. The van der Waals surface area contributed by atoms with Crippen molar-refractivity contribution in [2.45, 2.75) is 44.7 Å². The molecule has 2 atom stereocenters. The number of carboxylic acid groups (broad SMARTS) is 1. The van der Waals surface area contributed by atoms with Gasteiger partial charge >= 0.3 is 12.0 Å². The van der Waals surface area contributed by atoms with E-state index in [4.69, 9.17) is 5.11 Å². The van der Waals surface area contributed by atoms with Gasteiger partial charge in [-0.1, -0.05) is 6.92 Å². The van der Waals surface area contributed by atoms with E-state index in [9.17, 15) is 9.59 Å². The van der Waals surface area contributed by atoms with Gasteiger partial charge in [0.05, 0.1) is 6.04 Å². The zero-order valence-electron chi connectivity index (χ0n) is 10.8. The topological polar surface area (TPSA) is 78.4 Å². The van der Waals surface area contributed by atoms with Gasteiger partial charge in [0, 0.05) is 4.88 Å². The van der Waals surface area contributed by atoms with E-state index in [0.29, 0.717) is 6.42 Å². The summed E-state index contributed by atoms with van der Waals surface area (Å²) in [6, 6.07) is 0.809. The number of carbonyl (C=O) groups is 2. The number of urea groups is 1. The largest absolute Gasteiger partial charge is 0.480 e. The Balaban J connectivity index is 1.95. The third-order valence-corrected chi connectivity index (χ3v) is 4.37. The maximum atomic E-state index is 11.8. The van der Waals surface area contributed by atoms with E-state index < -0.39 is 18.0 Å². The molecule has 2 rings (SSSR count). The average Bonchev–Trinajstić information content (AvgIpc) is 2.85. The SMILES string of the molecule is CC[C@@H](NC(=O)NC1CCCc2sccc21)C(=O)O. The van der Waals surface area contributed by atoms with E-state index in [1.165, 1.54) is 10.4 Å². The van der Waals surface area contributed by atoms with Crippen LogP contribution in [0.1, 0.15) is 42.7 Å². The molecule has 6 heteroatoms. The summed E-state index contributed by atoms with van der Waals surface area (Å²) in [5.74, 6) is -1.00. The molecule has 1 heterocycles. The summed E-state index contributed by atoms with van der Waals surface area (Å²) in [6.45, 7) is 1.73. The number of carboxylic acids is 1. The van der Waals surface area contributed by atoms with E-state index in [1.807, 2.05) is 11.4 Å². The van der Waals surface area contributed by atoms with Gasteiger partial charge in [-0.2, -0.15) is 0 Å². The fraction of sp³-hybridized carbons (Fsp3) is 0.538. The number of amides is 2. The molecule has 0 fully saturated rings. The predicted octanol–water partition coefficient (Wildman–Crippen LogP) is 2.29. The highest BCUT2D eigenvalue weighted by Gasteiger charge is 2.24. The molecule has 1 unspecified atom stereocenters. The number of hydrogen-bond acceptors (Lipinski definition) is 3. The molecule has 19 heavy (non-hydrogen) atoms. The number of hydrogen-bond donors (Lipinski definition) is 3. The number of carbonyl (C=O) groups excluding carboxylic acids is 1. The smallest absolute Gasteiger partial charge is 0.326 e. The van der Waals surface area contributed by atoms with E-state index in [1.54, 1.807) is 18.3 Å². The fourth-order valence-corrected chi connectivity index (χ4v) is 3.32. The molecule has 1 aliphatic carbocycles. The molecule has 0 saturated heterocycles. The Bertz CT molecular complexity index is 472. The lowest BCUT2D eigenvalue weighted by Crippen LogP contribution is -2.46. The minimum Gasteiger partial charge on any atom is -0.480 e. The second-order valence-corrected chi connectivity index (χ2v) is 5.66. The first-order valence-corrected chi connectivity index (χ1v) is 7.36. The van der Waals surface area contributed by atoms with Gasteiger partial charge in [0.1, 0.15) is 6.04 Å². The van der Waals surface area contributed by atoms with Crippen molar-refractivity contribution < 1.29 is 14.7 Å². The highest BCUT2D eigenvalue weighted by Crippen LogP contribution is 2.33. The van der Waals surface area contributed by atoms with E-state index in [2.05, 4.69) is 10.6 Å². The first-order valence-electron chi connectivity index (χ1n) is 6.48. The van der Waals surface area contributed by atoms with Crippen LogP contribution in [0.25, 0.3) is 0 Å². The fourth-order valence-electron chi connectivity index (χ4n) is 2.33. The third-order valence-electron chi connectivity index (χ3n) is 3.37. The molecule has 0 radical (unpaired) electrons. The van der Waals surface area contributed by atoms with Gasteiger partial charge in [0.15, 0.2) is 0 Å². The number of fused-ring (bicyclic) bond motifs is 1. The number of nitrogens with one attached hydrogen (secondary N) is 2. The van der Waals surface area contributed by atoms with Crippen molar-refractivity contribution in [2.75, 3.05) is 0 Å². The Labute approximate surface area is 116 Å². The van der Waals surface area contributed by atoms with Crippen molar-refractivity contribution in [1.82, 2.24) is 10.6 Å². The Kier molecular flexibility index (Phi) is 4.42. The molecule has 1 aromatic heterocycles.